The second-order valence-electron chi connectivity index (χ2n) is 10.7. The van der Waals surface area contributed by atoms with E-state index in [9.17, 15) is 19.2 Å². The SMILES string of the molecule is O=C(Cn1c(=O)n(Cc2ccc3c(c2)OCO3)c(=O)c2ccc(C(=O)CC3CCCCC3)cc21)NCc1ccco1. The first-order chi connectivity index (χ1) is 20.0. The number of Topliss-reactive ketones (excluding diaryl/α,β-unsaturated/α-hetero) is 1. The number of benzene rings is 2. The summed E-state index contributed by atoms with van der Waals surface area (Å²) in [7, 11) is 0. The van der Waals surface area contributed by atoms with Crippen molar-refractivity contribution >= 4 is 22.6 Å². The number of fused-ring (bicyclic) bond motifs is 2. The molecule has 0 spiro atoms. The Labute approximate surface area is 235 Å². The van der Waals surface area contributed by atoms with Crippen LogP contribution in [0.5, 0.6) is 11.5 Å². The highest BCUT2D eigenvalue weighted by molar-refractivity contribution is 5.99. The van der Waals surface area contributed by atoms with Gasteiger partial charge in [0.25, 0.3) is 5.56 Å². The van der Waals surface area contributed by atoms with E-state index in [4.69, 9.17) is 13.9 Å². The van der Waals surface area contributed by atoms with Gasteiger partial charge >= 0.3 is 5.69 Å². The van der Waals surface area contributed by atoms with Crippen molar-refractivity contribution in [2.45, 2.75) is 58.2 Å². The predicted octanol–water partition coefficient (Wildman–Crippen LogP) is 4.00. The van der Waals surface area contributed by atoms with Gasteiger partial charge in [-0.2, -0.15) is 0 Å². The van der Waals surface area contributed by atoms with Gasteiger partial charge in [-0.05, 0) is 47.9 Å². The molecule has 1 aliphatic carbocycles. The van der Waals surface area contributed by atoms with Crippen molar-refractivity contribution in [2.24, 2.45) is 5.92 Å². The summed E-state index contributed by atoms with van der Waals surface area (Å²) in [5, 5.41) is 3.00. The molecule has 4 aromatic rings. The van der Waals surface area contributed by atoms with E-state index < -0.39 is 17.2 Å². The number of amides is 1. The van der Waals surface area contributed by atoms with Crippen LogP contribution in [-0.4, -0.2) is 27.6 Å². The van der Waals surface area contributed by atoms with Gasteiger partial charge in [0.2, 0.25) is 12.7 Å². The zero-order chi connectivity index (χ0) is 28.3. The van der Waals surface area contributed by atoms with Crippen LogP contribution >= 0.6 is 0 Å². The molecule has 0 bridgehead atoms. The molecule has 2 aromatic carbocycles. The topological polar surface area (TPSA) is 122 Å². The molecule has 0 atom stereocenters. The molecule has 1 fully saturated rings. The minimum Gasteiger partial charge on any atom is -0.467 e. The number of hydrogen-bond acceptors (Lipinski definition) is 7. The average Bonchev–Trinajstić information content (AvgIpc) is 3.69. The van der Waals surface area contributed by atoms with Crippen LogP contribution < -0.4 is 26.0 Å². The third-order valence-electron chi connectivity index (χ3n) is 7.87. The molecule has 1 N–H and O–H groups in total. The Hall–Kier alpha value is -4.60. The molecule has 0 saturated heterocycles. The third kappa shape index (κ3) is 5.68. The monoisotopic (exact) mass is 557 g/mol. The number of ketones is 1. The van der Waals surface area contributed by atoms with Crippen molar-refractivity contribution in [2.75, 3.05) is 6.79 Å². The fourth-order valence-electron chi connectivity index (χ4n) is 5.67. The van der Waals surface area contributed by atoms with Crippen LogP contribution in [0.1, 0.15) is 60.2 Å². The molecule has 10 nitrogen and oxygen atoms in total. The lowest BCUT2D eigenvalue weighted by molar-refractivity contribution is -0.121. The molecule has 1 amide bonds. The lowest BCUT2D eigenvalue weighted by Gasteiger charge is -2.21. The van der Waals surface area contributed by atoms with Crippen molar-refractivity contribution in [1.82, 2.24) is 14.5 Å². The van der Waals surface area contributed by atoms with Gasteiger partial charge in [-0.1, -0.05) is 44.2 Å². The predicted molar refractivity (Wildman–Crippen MR) is 150 cm³/mol. The van der Waals surface area contributed by atoms with Gasteiger partial charge in [-0.25, -0.2) is 4.79 Å². The third-order valence-corrected chi connectivity index (χ3v) is 7.87. The fourth-order valence-corrected chi connectivity index (χ4v) is 5.67. The average molecular weight is 558 g/mol. The van der Waals surface area contributed by atoms with E-state index in [0.29, 0.717) is 40.7 Å². The summed E-state index contributed by atoms with van der Waals surface area (Å²) in [6.07, 6.45) is 7.47. The molecule has 6 rings (SSSR count). The Balaban J connectivity index is 1.36. The van der Waals surface area contributed by atoms with Gasteiger partial charge in [0.05, 0.1) is 30.3 Å². The van der Waals surface area contributed by atoms with Gasteiger partial charge in [0.15, 0.2) is 17.3 Å². The minimum atomic E-state index is -0.648. The summed E-state index contributed by atoms with van der Waals surface area (Å²) in [5.74, 6) is 1.59. The van der Waals surface area contributed by atoms with E-state index >= 15 is 0 Å². The smallest absolute Gasteiger partial charge is 0.332 e. The van der Waals surface area contributed by atoms with E-state index in [1.165, 1.54) is 17.3 Å². The highest BCUT2D eigenvalue weighted by Crippen LogP contribution is 2.32. The standard InChI is InChI=1S/C31H31N3O7/c35-26(13-20-5-2-1-3-6-20)22-9-10-24-25(15-22)33(18-29(36)32-16-23-7-4-12-39-23)31(38)34(30(24)37)17-21-8-11-27-28(14-21)41-19-40-27/h4,7-12,14-15,20H,1-3,5-6,13,16-19H2,(H,32,36). The van der Waals surface area contributed by atoms with Gasteiger partial charge in [0.1, 0.15) is 12.3 Å². The molecule has 0 radical (unpaired) electrons. The summed E-state index contributed by atoms with van der Waals surface area (Å²) < 4.78 is 18.5. The van der Waals surface area contributed by atoms with Gasteiger partial charge < -0.3 is 19.2 Å². The van der Waals surface area contributed by atoms with E-state index in [1.54, 1.807) is 48.5 Å². The van der Waals surface area contributed by atoms with Gasteiger partial charge in [0, 0.05) is 12.0 Å². The summed E-state index contributed by atoms with van der Waals surface area (Å²) in [4.78, 5) is 53.6. The van der Waals surface area contributed by atoms with Crippen LogP contribution in [-0.2, 0) is 24.4 Å². The number of hydrogen-bond donors (Lipinski definition) is 1. The minimum absolute atomic E-state index is 0.0235. The van der Waals surface area contributed by atoms with Crippen molar-refractivity contribution in [1.29, 1.82) is 0 Å². The Kier molecular flexibility index (Phi) is 7.45. The van der Waals surface area contributed by atoms with Crippen LogP contribution in [0.25, 0.3) is 10.9 Å². The number of nitrogens with one attached hydrogen (secondary N) is 1. The molecule has 0 unspecified atom stereocenters. The maximum absolute atomic E-state index is 13.8. The number of carbonyl (C=O) groups excluding carboxylic acids is 2. The highest BCUT2D eigenvalue weighted by Gasteiger charge is 2.22. The number of nitrogens with zero attached hydrogens (tertiary/aromatic N) is 2. The molecule has 3 heterocycles. The molecular weight excluding hydrogens is 526 g/mol. The lowest BCUT2D eigenvalue weighted by atomic mass is 9.85. The van der Waals surface area contributed by atoms with E-state index in [2.05, 4.69) is 5.32 Å². The number of ether oxygens (including phenoxy) is 2. The normalized spacial score (nSPS) is 14.8. The molecule has 2 aromatic heterocycles. The van der Waals surface area contributed by atoms with Crippen LogP contribution in [0, 0.1) is 5.92 Å². The molecule has 2 aliphatic rings. The molecule has 1 aliphatic heterocycles. The summed E-state index contributed by atoms with van der Waals surface area (Å²) in [5.41, 5.74) is 0.206. The van der Waals surface area contributed by atoms with E-state index in [-0.39, 0.29) is 43.1 Å². The van der Waals surface area contributed by atoms with Crippen molar-refractivity contribution in [3.8, 4) is 11.5 Å². The quantitative estimate of drug-likeness (QED) is 0.309. The zero-order valence-electron chi connectivity index (χ0n) is 22.6. The first-order valence-electron chi connectivity index (χ1n) is 13.9. The summed E-state index contributed by atoms with van der Waals surface area (Å²) in [6.45, 7) is -0.102. The van der Waals surface area contributed by atoms with Crippen LogP contribution in [0.4, 0.5) is 0 Å². The van der Waals surface area contributed by atoms with E-state index in [0.717, 1.165) is 30.3 Å². The highest BCUT2D eigenvalue weighted by atomic mass is 16.7. The largest absolute Gasteiger partial charge is 0.467 e. The molecule has 10 heteroatoms. The van der Waals surface area contributed by atoms with Crippen molar-refractivity contribution < 1.29 is 23.5 Å². The lowest BCUT2D eigenvalue weighted by Crippen LogP contribution is -2.42. The Morgan fingerprint density at radius 2 is 1.76 bits per heavy atom. The maximum Gasteiger partial charge on any atom is 0.332 e. The first kappa shape index (κ1) is 26.6. The maximum atomic E-state index is 13.8. The molecule has 212 valence electrons. The van der Waals surface area contributed by atoms with Crippen LogP contribution in [0.15, 0.2) is 68.8 Å². The van der Waals surface area contributed by atoms with E-state index in [1.807, 2.05) is 0 Å². The van der Waals surface area contributed by atoms with Gasteiger partial charge in [-0.3, -0.25) is 23.5 Å². The Morgan fingerprint density at radius 1 is 0.927 bits per heavy atom. The fraction of sp³-hybridized carbons (Fsp3) is 0.355. The number of aromatic nitrogens is 2. The Morgan fingerprint density at radius 3 is 2.56 bits per heavy atom. The second-order valence-corrected chi connectivity index (χ2v) is 10.7. The van der Waals surface area contributed by atoms with Crippen molar-refractivity contribution in [3.05, 3.63) is 92.5 Å². The summed E-state index contributed by atoms with van der Waals surface area (Å²) in [6, 6.07) is 13.5. The molecule has 1 saturated carbocycles. The van der Waals surface area contributed by atoms with Gasteiger partial charge in [-0.15, -0.1) is 0 Å². The number of rotatable bonds is 9. The zero-order valence-corrected chi connectivity index (χ0v) is 22.6. The van der Waals surface area contributed by atoms with Crippen LogP contribution in [0.3, 0.4) is 0 Å². The molecular formula is C31H31N3O7. The summed E-state index contributed by atoms with van der Waals surface area (Å²) >= 11 is 0. The Bertz CT molecular complexity index is 1710. The van der Waals surface area contributed by atoms with Crippen LogP contribution in [0.2, 0.25) is 0 Å². The second kappa shape index (κ2) is 11.5. The number of furan rings is 1. The number of carbonyl (C=O) groups is 2. The molecule has 41 heavy (non-hydrogen) atoms. The first-order valence-corrected chi connectivity index (χ1v) is 13.9. The van der Waals surface area contributed by atoms with Crippen molar-refractivity contribution in [3.63, 3.8) is 0 Å².